The zero-order chi connectivity index (χ0) is 13.2. The fourth-order valence-corrected chi connectivity index (χ4v) is 2.08. The number of anilines is 2. The number of ether oxygens (including phenoxy) is 1. The van der Waals surface area contributed by atoms with Crippen molar-refractivity contribution in [3.8, 4) is 0 Å². The zero-order valence-corrected chi connectivity index (χ0v) is 10.6. The molecule has 1 aliphatic heterocycles. The van der Waals surface area contributed by atoms with Crippen molar-refractivity contribution in [2.24, 2.45) is 0 Å². The minimum absolute atomic E-state index is 0.00525. The normalized spacial score (nSPS) is 18.6. The first-order valence-electron chi connectivity index (χ1n) is 5.79. The van der Waals surface area contributed by atoms with Crippen molar-refractivity contribution >= 4 is 23.0 Å². The predicted octanol–water partition coefficient (Wildman–Crippen LogP) is 2.01. The van der Waals surface area contributed by atoms with Gasteiger partial charge in [0.15, 0.2) is 5.82 Å². The van der Waals surface area contributed by atoms with Crippen LogP contribution in [0.4, 0.5) is 15.8 Å². The highest BCUT2D eigenvalue weighted by Gasteiger charge is 2.30. The van der Waals surface area contributed by atoms with Gasteiger partial charge in [-0.3, -0.25) is 0 Å². The highest BCUT2D eigenvalue weighted by atomic mass is 35.5. The average Bonchev–Trinajstić information content (AvgIpc) is 2.35. The first kappa shape index (κ1) is 13.4. The van der Waals surface area contributed by atoms with E-state index in [1.54, 1.807) is 0 Å². The smallest absolute Gasteiger partial charge is 0.166 e. The summed E-state index contributed by atoms with van der Waals surface area (Å²) in [5, 5.41) is 13.1. The molecule has 0 atom stereocenters. The van der Waals surface area contributed by atoms with Gasteiger partial charge < -0.3 is 20.9 Å². The first-order chi connectivity index (χ1) is 8.52. The van der Waals surface area contributed by atoms with Crippen LogP contribution in [0.25, 0.3) is 0 Å². The van der Waals surface area contributed by atoms with Gasteiger partial charge in [0.1, 0.15) is 0 Å². The SMILES string of the molecule is Nc1ccc(Cl)c(F)c1NCC1(O)CCOCC1. The van der Waals surface area contributed by atoms with E-state index in [0.717, 1.165) is 0 Å². The lowest BCUT2D eigenvalue weighted by atomic mass is 9.94. The number of aliphatic hydroxyl groups is 1. The molecule has 1 heterocycles. The number of rotatable bonds is 3. The van der Waals surface area contributed by atoms with Gasteiger partial charge >= 0.3 is 0 Å². The molecule has 0 aliphatic carbocycles. The minimum Gasteiger partial charge on any atom is -0.397 e. The number of hydrogen-bond acceptors (Lipinski definition) is 4. The van der Waals surface area contributed by atoms with E-state index in [1.807, 2.05) is 0 Å². The van der Waals surface area contributed by atoms with Crippen LogP contribution in [0, 0.1) is 5.82 Å². The van der Waals surface area contributed by atoms with Gasteiger partial charge in [-0.25, -0.2) is 4.39 Å². The maximum atomic E-state index is 13.8. The standard InChI is InChI=1S/C12H16ClFN2O2/c13-8-1-2-9(15)11(10(8)14)16-7-12(17)3-5-18-6-4-12/h1-2,16-17H,3-7,15H2. The van der Waals surface area contributed by atoms with Crippen LogP contribution in [0.3, 0.4) is 0 Å². The molecule has 0 aromatic heterocycles. The van der Waals surface area contributed by atoms with Crippen LogP contribution in [-0.2, 0) is 4.74 Å². The summed E-state index contributed by atoms with van der Waals surface area (Å²) < 4.78 is 18.9. The lowest BCUT2D eigenvalue weighted by Gasteiger charge is -2.32. The summed E-state index contributed by atoms with van der Waals surface area (Å²) in [5.41, 5.74) is 5.20. The molecule has 18 heavy (non-hydrogen) atoms. The maximum Gasteiger partial charge on any atom is 0.166 e. The summed E-state index contributed by atoms with van der Waals surface area (Å²) in [7, 11) is 0. The number of hydrogen-bond donors (Lipinski definition) is 3. The van der Waals surface area contributed by atoms with Crippen molar-refractivity contribution in [1.82, 2.24) is 0 Å². The molecule has 1 aromatic rings. The molecule has 1 aliphatic rings. The van der Waals surface area contributed by atoms with Crippen LogP contribution in [0.1, 0.15) is 12.8 Å². The summed E-state index contributed by atoms with van der Waals surface area (Å²) in [4.78, 5) is 0. The third-order valence-electron chi connectivity index (χ3n) is 3.14. The van der Waals surface area contributed by atoms with E-state index < -0.39 is 11.4 Å². The van der Waals surface area contributed by atoms with Gasteiger partial charge in [0.2, 0.25) is 0 Å². The van der Waals surface area contributed by atoms with Crippen molar-refractivity contribution in [2.75, 3.05) is 30.8 Å². The molecular weight excluding hydrogens is 259 g/mol. The molecular formula is C12H16ClFN2O2. The third kappa shape index (κ3) is 2.85. The van der Waals surface area contributed by atoms with E-state index in [-0.39, 0.29) is 22.9 Å². The van der Waals surface area contributed by atoms with Crippen LogP contribution in [0.15, 0.2) is 12.1 Å². The van der Waals surface area contributed by atoms with Crippen LogP contribution in [-0.4, -0.2) is 30.5 Å². The Hall–Kier alpha value is -1.04. The number of nitrogens with one attached hydrogen (secondary N) is 1. The molecule has 0 unspecified atom stereocenters. The van der Waals surface area contributed by atoms with Gasteiger partial charge in [-0.15, -0.1) is 0 Å². The Balaban J connectivity index is 2.08. The Bertz CT molecular complexity index is 436. The molecule has 0 radical (unpaired) electrons. The van der Waals surface area contributed by atoms with Crippen molar-refractivity contribution in [2.45, 2.75) is 18.4 Å². The fourth-order valence-electron chi connectivity index (χ4n) is 1.93. The molecule has 4 N–H and O–H groups in total. The number of nitrogen functional groups attached to an aromatic ring is 1. The summed E-state index contributed by atoms with van der Waals surface area (Å²) in [6.45, 7) is 1.23. The lowest BCUT2D eigenvalue weighted by Crippen LogP contribution is -2.42. The molecule has 0 bridgehead atoms. The molecule has 100 valence electrons. The molecule has 2 rings (SSSR count). The van der Waals surface area contributed by atoms with Crippen molar-refractivity contribution in [1.29, 1.82) is 0 Å². The van der Waals surface area contributed by atoms with Crippen LogP contribution >= 0.6 is 11.6 Å². The average molecular weight is 275 g/mol. The summed E-state index contributed by atoms with van der Waals surface area (Å²) in [6.07, 6.45) is 1.03. The van der Waals surface area contributed by atoms with Crippen molar-refractivity contribution < 1.29 is 14.2 Å². The number of benzene rings is 1. The lowest BCUT2D eigenvalue weighted by molar-refractivity contribution is -0.0543. The Morgan fingerprint density at radius 3 is 2.78 bits per heavy atom. The summed E-state index contributed by atoms with van der Waals surface area (Å²) in [5.74, 6) is -0.590. The molecule has 0 amide bonds. The van der Waals surface area contributed by atoms with E-state index in [1.165, 1.54) is 12.1 Å². The predicted molar refractivity (Wildman–Crippen MR) is 69.3 cm³/mol. The maximum absolute atomic E-state index is 13.8. The quantitative estimate of drug-likeness (QED) is 0.738. The summed E-state index contributed by atoms with van der Waals surface area (Å²) in [6, 6.07) is 2.93. The second-order valence-corrected chi connectivity index (χ2v) is 4.92. The molecule has 1 saturated heterocycles. The van der Waals surface area contributed by atoms with Gasteiger partial charge in [-0.05, 0) is 12.1 Å². The molecule has 1 fully saturated rings. The van der Waals surface area contributed by atoms with Crippen LogP contribution in [0.5, 0.6) is 0 Å². The van der Waals surface area contributed by atoms with Crippen molar-refractivity contribution in [3.05, 3.63) is 23.0 Å². The topological polar surface area (TPSA) is 67.5 Å². The first-order valence-corrected chi connectivity index (χ1v) is 6.17. The Kier molecular flexibility index (Phi) is 3.94. The molecule has 4 nitrogen and oxygen atoms in total. The Labute approximate surface area is 110 Å². The highest BCUT2D eigenvalue weighted by Crippen LogP contribution is 2.30. The molecule has 6 heteroatoms. The second kappa shape index (κ2) is 5.30. The molecule has 0 spiro atoms. The Morgan fingerprint density at radius 1 is 1.44 bits per heavy atom. The minimum atomic E-state index is -0.889. The monoisotopic (exact) mass is 274 g/mol. The van der Waals surface area contributed by atoms with Gasteiger partial charge in [0.25, 0.3) is 0 Å². The second-order valence-electron chi connectivity index (χ2n) is 4.52. The Morgan fingerprint density at radius 2 is 2.11 bits per heavy atom. The van der Waals surface area contributed by atoms with Gasteiger partial charge in [0, 0.05) is 32.6 Å². The fraction of sp³-hybridized carbons (Fsp3) is 0.500. The van der Waals surface area contributed by atoms with Gasteiger partial charge in [0.05, 0.1) is 22.0 Å². The van der Waals surface area contributed by atoms with E-state index in [2.05, 4.69) is 5.32 Å². The van der Waals surface area contributed by atoms with Crippen molar-refractivity contribution in [3.63, 3.8) is 0 Å². The van der Waals surface area contributed by atoms with Gasteiger partial charge in [-0.1, -0.05) is 11.6 Å². The van der Waals surface area contributed by atoms with E-state index in [9.17, 15) is 9.50 Å². The highest BCUT2D eigenvalue weighted by molar-refractivity contribution is 6.31. The number of nitrogens with two attached hydrogens (primary N) is 1. The van der Waals surface area contributed by atoms with E-state index in [4.69, 9.17) is 22.1 Å². The van der Waals surface area contributed by atoms with Crippen LogP contribution in [0.2, 0.25) is 5.02 Å². The van der Waals surface area contributed by atoms with Crippen LogP contribution < -0.4 is 11.1 Å². The van der Waals surface area contributed by atoms with E-state index >= 15 is 0 Å². The third-order valence-corrected chi connectivity index (χ3v) is 3.44. The zero-order valence-electron chi connectivity index (χ0n) is 9.88. The number of halogens is 2. The largest absolute Gasteiger partial charge is 0.397 e. The van der Waals surface area contributed by atoms with Gasteiger partial charge in [-0.2, -0.15) is 0 Å². The molecule has 1 aromatic carbocycles. The molecule has 0 saturated carbocycles. The summed E-state index contributed by atoms with van der Waals surface area (Å²) >= 11 is 5.69. The van der Waals surface area contributed by atoms with E-state index in [0.29, 0.717) is 26.1 Å².